The van der Waals surface area contributed by atoms with Crippen LogP contribution < -0.4 is 0 Å². The van der Waals surface area contributed by atoms with Crippen LogP contribution in [0.5, 0.6) is 0 Å². The Morgan fingerprint density at radius 1 is 1.00 bits per heavy atom. The molecule has 18 heavy (non-hydrogen) atoms. The zero-order valence-corrected chi connectivity index (χ0v) is 12.2. The lowest BCUT2D eigenvalue weighted by Gasteiger charge is -2.51. The second kappa shape index (κ2) is 5.89. The third-order valence-electron chi connectivity index (χ3n) is 5.31. The number of aliphatic hydroxyl groups is 1. The number of ether oxygens (including phenoxy) is 1. The van der Waals surface area contributed by atoms with Crippen molar-refractivity contribution in [2.24, 2.45) is 11.3 Å². The zero-order valence-electron chi connectivity index (χ0n) is 12.2. The Morgan fingerprint density at radius 2 is 1.61 bits per heavy atom. The molecule has 0 spiro atoms. The predicted octanol–water partition coefficient (Wildman–Crippen LogP) is 3.05. The van der Waals surface area contributed by atoms with E-state index in [1.54, 1.807) is 0 Å². The van der Waals surface area contributed by atoms with Crippen LogP contribution in [0.3, 0.4) is 0 Å². The Bertz CT molecular complexity index is 258. The van der Waals surface area contributed by atoms with Gasteiger partial charge < -0.3 is 15.3 Å². The van der Waals surface area contributed by atoms with E-state index in [-0.39, 0.29) is 10.9 Å². The summed E-state index contributed by atoms with van der Waals surface area (Å²) >= 11 is 0. The van der Waals surface area contributed by atoms with Crippen molar-refractivity contribution < 1.29 is 15.3 Å². The Morgan fingerprint density at radius 3 is 2.22 bits per heavy atom. The third-order valence-corrected chi connectivity index (χ3v) is 5.31. The van der Waals surface area contributed by atoms with Crippen molar-refractivity contribution in [3.05, 3.63) is 0 Å². The summed E-state index contributed by atoms with van der Waals surface area (Å²) in [7, 11) is 0. The molecule has 0 amide bonds. The van der Waals surface area contributed by atoms with Crippen LogP contribution in [0, 0.1) is 11.3 Å². The molecule has 2 saturated carbocycles. The van der Waals surface area contributed by atoms with E-state index in [1.165, 1.54) is 25.7 Å². The summed E-state index contributed by atoms with van der Waals surface area (Å²) in [6.45, 7) is 6.58. The van der Waals surface area contributed by atoms with Gasteiger partial charge in [0.2, 0.25) is 0 Å². The molecule has 0 radical (unpaired) electrons. The van der Waals surface area contributed by atoms with Crippen molar-refractivity contribution in [1.29, 1.82) is 0 Å². The fourth-order valence-electron chi connectivity index (χ4n) is 3.39. The summed E-state index contributed by atoms with van der Waals surface area (Å²) in [6, 6.07) is 0. The van der Waals surface area contributed by atoms with E-state index in [1.807, 2.05) is 0 Å². The van der Waals surface area contributed by atoms with E-state index >= 15 is 0 Å². The molecule has 0 saturated heterocycles. The van der Waals surface area contributed by atoms with Crippen molar-refractivity contribution in [2.45, 2.75) is 84.0 Å². The molecular formula is C15H30O3. The van der Waals surface area contributed by atoms with Crippen molar-refractivity contribution >= 4 is 0 Å². The van der Waals surface area contributed by atoms with Crippen molar-refractivity contribution in [1.82, 2.24) is 0 Å². The topological polar surface area (TPSA) is 61.0 Å². The average Bonchev–Trinajstić information content (AvgIpc) is 2.28. The maximum absolute atomic E-state index is 10.9. The smallest absolute Gasteiger partial charge is 0.171 e. The van der Waals surface area contributed by atoms with Crippen LogP contribution in [0.15, 0.2) is 0 Å². The Hall–Kier alpha value is -0.120. The summed E-state index contributed by atoms with van der Waals surface area (Å²) in [4.78, 5) is 0. The van der Waals surface area contributed by atoms with Crippen molar-refractivity contribution in [3.8, 4) is 0 Å². The van der Waals surface area contributed by atoms with E-state index in [2.05, 4.69) is 20.8 Å². The first-order valence-electron chi connectivity index (χ1n) is 7.36. The van der Waals surface area contributed by atoms with Gasteiger partial charge in [0.15, 0.2) is 5.79 Å². The second-order valence-corrected chi connectivity index (χ2v) is 6.68. The molecule has 2 atom stereocenters. The number of hydrogen-bond donors (Lipinski definition) is 1. The van der Waals surface area contributed by atoms with Gasteiger partial charge >= 0.3 is 0 Å². The second-order valence-electron chi connectivity index (χ2n) is 6.68. The molecule has 2 unspecified atom stereocenters. The van der Waals surface area contributed by atoms with Crippen LogP contribution in [-0.2, 0) is 4.74 Å². The lowest BCUT2D eigenvalue weighted by molar-refractivity contribution is -0.314. The van der Waals surface area contributed by atoms with E-state index in [9.17, 15) is 5.11 Å². The maximum Gasteiger partial charge on any atom is 0.171 e. The molecule has 2 rings (SSSR count). The molecule has 0 bridgehead atoms. The van der Waals surface area contributed by atoms with Crippen LogP contribution in [0.4, 0.5) is 0 Å². The Kier molecular flexibility index (Phi) is 5.22. The molecule has 0 aromatic heterocycles. The van der Waals surface area contributed by atoms with Crippen LogP contribution in [0.1, 0.15) is 72.1 Å². The van der Waals surface area contributed by atoms with E-state index < -0.39 is 5.79 Å². The minimum absolute atomic E-state index is 0. The minimum Gasteiger partial charge on any atom is -0.412 e. The summed E-state index contributed by atoms with van der Waals surface area (Å²) in [5.41, 5.74) is -0.122. The lowest BCUT2D eigenvalue weighted by Crippen LogP contribution is -2.54. The zero-order chi connectivity index (χ0) is 12.5. The van der Waals surface area contributed by atoms with E-state index in [4.69, 9.17) is 4.74 Å². The molecule has 3 heteroatoms. The van der Waals surface area contributed by atoms with Crippen molar-refractivity contribution in [3.63, 3.8) is 0 Å². The largest absolute Gasteiger partial charge is 0.412 e. The van der Waals surface area contributed by atoms with Gasteiger partial charge in [0.1, 0.15) is 0 Å². The SMILES string of the molecule is CC1CCCC(O)(OC2CCCCC2)C1(C)C.O. The highest BCUT2D eigenvalue weighted by molar-refractivity contribution is 4.94. The first kappa shape index (κ1) is 15.9. The van der Waals surface area contributed by atoms with E-state index in [0.717, 1.165) is 25.7 Å². The van der Waals surface area contributed by atoms with E-state index in [0.29, 0.717) is 12.0 Å². The fourth-order valence-corrected chi connectivity index (χ4v) is 3.39. The minimum atomic E-state index is -0.896. The van der Waals surface area contributed by atoms with Gasteiger partial charge in [-0.2, -0.15) is 0 Å². The predicted molar refractivity (Wildman–Crippen MR) is 73.3 cm³/mol. The van der Waals surface area contributed by atoms with Gasteiger partial charge in [-0.05, 0) is 31.6 Å². The van der Waals surface area contributed by atoms with Crippen LogP contribution in [0.25, 0.3) is 0 Å². The normalized spacial score (nSPS) is 37.0. The summed E-state index contributed by atoms with van der Waals surface area (Å²) < 4.78 is 6.16. The first-order chi connectivity index (χ1) is 7.96. The Balaban J connectivity index is 0.00000162. The fraction of sp³-hybridized carbons (Fsp3) is 1.00. The van der Waals surface area contributed by atoms with Crippen molar-refractivity contribution in [2.75, 3.05) is 0 Å². The highest BCUT2D eigenvalue weighted by atomic mass is 16.6. The number of rotatable bonds is 2. The van der Waals surface area contributed by atoms with Gasteiger partial charge in [-0.1, -0.05) is 40.0 Å². The molecule has 0 heterocycles. The molecular weight excluding hydrogens is 228 g/mol. The summed E-state index contributed by atoms with van der Waals surface area (Å²) in [6.07, 6.45) is 9.52. The van der Waals surface area contributed by atoms with Crippen LogP contribution in [0.2, 0.25) is 0 Å². The molecule has 0 aliphatic heterocycles. The molecule has 2 aliphatic rings. The summed E-state index contributed by atoms with van der Waals surface area (Å²) in [5, 5.41) is 10.9. The van der Waals surface area contributed by atoms with Crippen LogP contribution in [-0.4, -0.2) is 22.5 Å². The summed E-state index contributed by atoms with van der Waals surface area (Å²) in [5.74, 6) is -0.364. The molecule has 2 aliphatic carbocycles. The molecule has 3 nitrogen and oxygen atoms in total. The highest BCUT2D eigenvalue weighted by Crippen LogP contribution is 2.49. The lowest BCUT2D eigenvalue weighted by atomic mass is 9.65. The van der Waals surface area contributed by atoms with Gasteiger partial charge in [-0.15, -0.1) is 0 Å². The van der Waals surface area contributed by atoms with Gasteiger partial charge in [0, 0.05) is 11.8 Å². The maximum atomic E-state index is 10.9. The van der Waals surface area contributed by atoms with Gasteiger partial charge in [0.05, 0.1) is 6.10 Å². The monoisotopic (exact) mass is 258 g/mol. The third kappa shape index (κ3) is 2.89. The Labute approximate surface area is 111 Å². The molecule has 0 aromatic carbocycles. The molecule has 2 fully saturated rings. The molecule has 0 aromatic rings. The first-order valence-corrected chi connectivity index (χ1v) is 7.36. The van der Waals surface area contributed by atoms with Gasteiger partial charge in [0.25, 0.3) is 0 Å². The standard InChI is InChI=1S/C15H28O2.H2O/c1-12-8-7-11-15(16,14(12,2)3)17-13-9-5-4-6-10-13;/h12-13,16H,4-11H2,1-3H3;1H2. The van der Waals surface area contributed by atoms with Gasteiger partial charge in [-0.3, -0.25) is 0 Å². The molecule has 3 N–H and O–H groups in total. The van der Waals surface area contributed by atoms with Gasteiger partial charge in [-0.25, -0.2) is 0 Å². The number of hydrogen-bond acceptors (Lipinski definition) is 2. The van der Waals surface area contributed by atoms with Crippen LogP contribution >= 0.6 is 0 Å². The average molecular weight is 258 g/mol. The molecule has 108 valence electrons. The quantitative estimate of drug-likeness (QED) is 0.774. The highest BCUT2D eigenvalue weighted by Gasteiger charge is 2.51.